The molecule has 92 valence electrons. The number of nitrogens with two attached hydrogens (primary N) is 1. The van der Waals surface area contributed by atoms with Crippen LogP contribution in [0.2, 0.25) is 0 Å². The van der Waals surface area contributed by atoms with Gasteiger partial charge >= 0.3 is 5.97 Å². The number of pyridine rings is 1. The Kier molecular flexibility index (Phi) is 3.58. The van der Waals surface area contributed by atoms with Crippen LogP contribution in [0.3, 0.4) is 0 Å². The SMILES string of the molecule is COC(=O)c1cc(OC2CCC(N)C2)ccn1. The van der Waals surface area contributed by atoms with Crippen LogP contribution in [-0.2, 0) is 4.74 Å². The van der Waals surface area contributed by atoms with Crippen LogP contribution in [0.1, 0.15) is 29.8 Å². The van der Waals surface area contributed by atoms with Crippen molar-refractivity contribution in [2.24, 2.45) is 5.73 Å². The van der Waals surface area contributed by atoms with E-state index in [0.717, 1.165) is 19.3 Å². The molecule has 1 fully saturated rings. The first kappa shape index (κ1) is 11.9. The summed E-state index contributed by atoms with van der Waals surface area (Å²) in [5, 5.41) is 0. The highest BCUT2D eigenvalue weighted by Crippen LogP contribution is 2.23. The molecule has 1 aromatic heterocycles. The highest BCUT2D eigenvalue weighted by atomic mass is 16.5. The van der Waals surface area contributed by atoms with Crippen molar-refractivity contribution in [2.45, 2.75) is 31.4 Å². The number of esters is 1. The average Bonchev–Trinajstić information content (AvgIpc) is 2.74. The fourth-order valence-electron chi connectivity index (χ4n) is 1.97. The molecule has 0 amide bonds. The molecule has 1 aromatic rings. The molecule has 2 unspecified atom stereocenters. The quantitative estimate of drug-likeness (QED) is 0.796. The second-order valence-corrected chi connectivity index (χ2v) is 4.18. The fraction of sp³-hybridized carbons (Fsp3) is 0.500. The smallest absolute Gasteiger partial charge is 0.356 e. The first-order valence-corrected chi connectivity index (χ1v) is 5.65. The minimum absolute atomic E-state index is 0.137. The molecule has 1 saturated carbocycles. The molecule has 1 heterocycles. The Bertz CT molecular complexity index is 408. The Morgan fingerprint density at radius 1 is 1.53 bits per heavy atom. The van der Waals surface area contributed by atoms with Gasteiger partial charge in [0.25, 0.3) is 0 Å². The standard InChI is InChI=1S/C12H16N2O3/c1-16-12(15)11-7-10(4-5-14-11)17-9-3-2-8(13)6-9/h4-5,7-9H,2-3,6,13H2,1H3. The molecule has 5 heteroatoms. The lowest BCUT2D eigenvalue weighted by Crippen LogP contribution is -2.19. The van der Waals surface area contributed by atoms with Crippen LogP contribution >= 0.6 is 0 Å². The lowest BCUT2D eigenvalue weighted by molar-refractivity contribution is 0.0593. The second-order valence-electron chi connectivity index (χ2n) is 4.18. The number of rotatable bonds is 3. The van der Waals surface area contributed by atoms with Crippen molar-refractivity contribution in [3.05, 3.63) is 24.0 Å². The number of aromatic nitrogens is 1. The topological polar surface area (TPSA) is 74.4 Å². The Labute approximate surface area is 99.9 Å². The van der Waals surface area contributed by atoms with Crippen molar-refractivity contribution in [3.63, 3.8) is 0 Å². The molecule has 0 aromatic carbocycles. The summed E-state index contributed by atoms with van der Waals surface area (Å²) >= 11 is 0. The fourth-order valence-corrected chi connectivity index (χ4v) is 1.97. The number of nitrogens with zero attached hydrogens (tertiary/aromatic N) is 1. The summed E-state index contributed by atoms with van der Waals surface area (Å²) in [6, 6.07) is 3.55. The van der Waals surface area contributed by atoms with Gasteiger partial charge in [0.1, 0.15) is 11.9 Å². The lowest BCUT2D eigenvalue weighted by Gasteiger charge is -2.13. The number of carbonyl (C=O) groups excluding carboxylic acids is 1. The highest BCUT2D eigenvalue weighted by molar-refractivity contribution is 5.87. The monoisotopic (exact) mass is 236 g/mol. The van der Waals surface area contributed by atoms with E-state index in [0.29, 0.717) is 5.75 Å². The van der Waals surface area contributed by atoms with Gasteiger partial charge in [-0.1, -0.05) is 0 Å². The molecule has 0 radical (unpaired) electrons. The Morgan fingerprint density at radius 3 is 3.00 bits per heavy atom. The van der Waals surface area contributed by atoms with Crippen LogP contribution in [0.25, 0.3) is 0 Å². The molecule has 2 atom stereocenters. The highest BCUT2D eigenvalue weighted by Gasteiger charge is 2.23. The van der Waals surface area contributed by atoms with E-state index < -0.39 is 5.97 Å². The van der Waals surface area contributed by atoms with Crippen molar-refractivity contribution in [2.75, 3.05) is 7.11 Å². The summed E-state index contributed by atoms with van der Waals surface area (Å²) in [5.41, 5.74) is 6.07. The Morgan fingerprint density at radius 2 is 2.35 bits per heavy atom. The summed E-state index contributed by atoms with van der Waals surface area (Å²) in [7, 11) is 1.33. The number of hydrogen-bond donors (Lipinski definition) is 1. The van der Waals surface area contributed by atoms with Crippen LogP contribution in [0.5, 0.6) is 5.75 Å². The predicted molar refractivity (Wildman–Crippen MR) is 61.8 cm³/mol. The van der Waals surface area contributed by atoms with Crippen LogP contribution in [0.15, 0.2) is 18.3 Å². The molecule has 0 aliphatic heterocycles. The molecule has 2 rings (SSSR count). The van der Waals surface area contributed by atoms with E-state index in [1.54, 1.807) is 12.1 Å². The zero-order chi connectivity index (χ0) is 12.3. The van der Waals surface area contributed by atoms with Gasteiger partial charge in [0.2, 0.25) is 0 Å². The van der Waals surface area contributed by atoms with Gasteiger partial charge in [-0.05, 0) is 25.3 Å². The molecule has 17 heavy (non-hydrogen) atoms. The third-order valence-electron chi connectivity index (χ3n) is 2.85. The van der Waals surface area contributed by atoms with Gasteiger partial charge in [0, 0.05) is 18.3 Å². The number of methoxy groups -OCH3 is 1. The minimum atomic E-state index is -0.460. The maximum atomic E-state index is 11.3. The molecule has 1 aliphatic rings. The van der Waals surface area contributed by atoms with Crippen molar-refractivity contribution in [1.29, 1.82) is 0 Å². The van der Waals surface area contributed by atoms with Gasteiger partial charge in [-0.15, -0.1) is 0 Å². The Hall–Kier alpha value is -1.62. The molecule has 1 aliphatic carbocycles. The molecule has 5 nitrogen and oxygen atoms in total. The second kappa shape index (κ2) is 5.14. The van der Waals surface area contributed by atoms with Crippen LogP contribution < -0.4 is 10.5 Å². The molecular formula is C12H16N2O3. The van der Waals surface area contributed by atoms with E-state index >= 15 is 0 Å². The molecule has 0 bridgehead atoms. The maximum absolute atomic E-state index is 11.3. The van der Waals surface area contributed by atoms with Gasteiger partial charge in [0.15, 0.2) is 5.69 Å². The van der Waals surface area contributed by atoms with Crippen molar-refractivity contribution >= 4 is 5.97 Å². The Balaban J connectivity index is 2.03. The average molecular weight is 236 g/mol. The number of carbonyl (C=O) groups is 1. The van der Waals surface area contributed by atoms with Crippen LogP contribution in [-0.4, -0.2) is 30.2 Å². The van der Waals surface area contributed by atoms with Crippen LogP contribution in [0.4, 0.5) is 0 Å². The zero-order valence-corrected chi connectivity index (χ0v) is 9.76. The normalized spacial score (nSPS) is 23.4. The van der Waals surface area contributed by atoms with Gasteiger partial charge in [-0.2, -0.15) is 0 Å². The molecular weight excluding hydrogens is 220 g/mol. The largest absolute Gasteiger partial charge is 0.490 e. The minimum Gasteiger partial charge on any atom is -0.490 e. The summed E-state index contributed by atoms with van der Waals surface area (Å²) < 4.78 is 10.4. The number of ether oxygens (including phenoxy) is 2. The first-order valence-electron chi connectivity index (χ1n) is 5.65. The zero-order valence-electron chi connectivity index (χ0n) is 9.76. The third-order valence-corrected chi connectivity index (χ3v) is 2.85. The van der Waals surface area contributed by atoms with Gasteiger partial charge < -0.3 is 15.2 Å². The van der Waals surface area contributed by atoms with Crippen molar-refractivity contribution < 1.29 is 14.3 Å². The predicted octanol–water partition coefficient (Wildman–Crippen LogP) is 1.13. The van der Waals surface area contributed by atoms with Gasteiger partial charge in [0.05, 0.1) is 7.11 Å². The first-order chi connectivity index (χ1) is 8.19. The van der Waals surface area contributed by atoms with Crippen LogP contribution in [0, 0.1) is 0 Å². The van der Waals surface area contributed by atoms with Gasteiger partial charge in [-0.3, -0.25) is 0 Å². The summed E-state index contributed by atoms with van der Waals surface area (Å²) in [6.45, 7) is 0. The van der Waals surface area contributed by atoms with Crippen molar-refractivity contribution in [1.82, 2.24) is 4.98 Å². The van der Waals surface area contributed by atoms with E-state index in [-0.39, 0.29) is 17.8 Å². The van der Waals surface area contributed by atoms with E-state index in [1.807, 2.05) is 0 Å². The summed E-state index contributed by atoms with van der Waals surface area (Å²) in [5.74, 6) is 0.179. The summed E-state index contributed by atoms with van der Waals surface area (Å²) in [6.07, 6.45) is 4.47. The third kappa shape index (κ3) is 2.94. The maximum Gasteiger partial charge on any atom is 0.356 e. The van der Waals surface area contributed by atoms with Gasteiger partial charge in [-0.25, -0.2) is 9.78 Å². The van der Waals surface area contributed by atoms with E-state index in [4.69, 9.17) is 10.5 Å². The lowest BCUT2D eigenvalue weighted by atomic mass is 10.3. The molecule has 0 spiro atoms. The number of hydrogen-bond acceptors (Lipinski definition) is 5. The summed E-state index contributed by atoms with van der Waals surface area (Å²) in [4.78, 5) is 15.2. The molecule has 0 saturated heterocycles. The van der Waals surface area contributed by atoms with E-state index in [2.05, 4.69) is 9.72 Å². The molecule has 2 N–H and O–H groups in total. The van der Waals surface area contributed by atoms with Crippen molar-refractivity contribution in [3.8, 4) is 5.75 Å². The van der Waals surface area contributed by atoms with E-state index in [1.165, 1.54) is 13.3 Å². The van der Waals surface area contributed by atoms with E-state index in [9.17, 15) is 4.79 Å².